The summed E-state index contributed by atoms with van der Waals surface area (Å²) in [4.78, 5) is 29.3. The number of carbonyl (C=O) groups is 2. The summed E-state index contributed by atoms with van der Waals surface area (Å²) < 4.78 is 6.14. The Morgan fingerprint density at radius 2 is 1.88 bits per heavy atom. The van der Waals surface area contributed by atoms with Gasteiger partial charge in [-0.3, -0.25) is 9.59 Å². The fourth-order valence-electron chi connectivity index (χ4n) is 2.35. The van der Waals surface area contributed by atoms with Crippen molar-refractivity contribution >= 4 is 49.7 Å². The summed E-state index contributed by atoms with van der Waals surface area (Å²) in [5, 5.41) is 6.99. The maximum Gasteiger partial charge on any atom is 0.291 e. The highest BCUT2D eigenvalue weighted by Gasteiger charge is 2.14. The van der Waals surface area contributed by atoms with E-state index in [0.717, 1.165) is 15.2 Å². The summed E-state index contributed by atoms with van der Waals surface area (Å²) >= 11 is 2.76. The molecule has 3 heterocycles. The first-order valence-corrected chi connectivity index (χ1v) is 9.40. The first kappa shape index (κ1) is 16.5. The number of thiazole rings is 1. The Kier molecular flexibility index (Phi) is 4.51. The SMILES string of the molecule is O=C(Nc1ccc(C(=O)NCc2nc3ccccc3s2)s1)c1ccco1. The maximum atomic E-state index is 12.3. The molecule has 0 fully saturated rings. The number of hydrogen-bond acceptors (Lipinski definition) is 6. The molecule has 0 saturated carbocycles. The fraction of sp³-hybridized carbons (Fsp3) is 0.0556. The Morgan fingerprint density at radius 3 is 2.69 bits per heavy atom. The number of anilines is 1. The number of benzene rings is 1. The second-order valence-electron chi connectivity index (χ2n) is 5.35. The van der Waals surface area contributed by atoms with Crippen molar-refractivity contribution in [2.75, 3.05) is 5.32 Å². The number of nitrogens with zero attached hydrogens (tertiary/aromatic N) is 1. The van der Waals surface area contributed by atoms with E-state index < -0.39 is 0 Å². The van der Waals surface area contributed by atoms with Gasteiger partial charge in [0, 0.05) is 0 Å². The summed E-state index contributed by atoms with van der Waals surface area (Å²) in [6.45, 7) is 0.365. The van der Waals surface area contributed by atoms with Gasteiger partial charge < -0.3 is 15.1 Å². The topological polar surface area (TPSA) is 84.2 Å². The van der Waals surface area contributed by atoms with Crippen LogP contribution in [0.2, 0.25) is 0 Å². The molecule has 2 amide bonds. The Morgan fingerprint density at radius 1 is 1.00 bits per heavy atom. The molecule has 4 aromatic rings. The number of fused-ring (bicyclic) bond motifs is 1. The molecule has 6 nitrogen and oxygen atoms in total. The second-order valence-corrected chi connectivity index (χ2v) is 7.55. The van der Waals surface area contributed by atoms with Crippen LogP contribution >= 0.6 is 22.7 Å². The van der Waals surface area contributed by atoms with Crippen LogP contribution in [0.4, 0.5) is 5.00 Å². The number of hydrogen-bond donors (Lipinski definition) is 2. The summed E-state index contributed by atoms with van der Waals surface area (Å²) in [5.74, 6) is -0.328. The molecule has 0 aliphatic heterocycles. The van der Waals surface area contributed by atoms with Crippen LogP contribution in [0.1, 0.15) is 25.2 Å². The van der Waals surface area contributed by atoms with E-state index in [2.05, 4.69) is 15.6 Å². The fourth-order valence-corrected chi connectivity index (χ4v) is 4.07. The highest BCUT2D eigenvalue weighted by Crippen LogP contribution is 2.24. The molecule has 0 aliphatic rings. The number of aromatic nitrogens is 1. The third kappa shape index (κ3) is 3.51. The van der Waals surface area contributed by atoms with E-state index in [0.29, 0.717) is 16.4 Å². The zero-order chi connectivity index (χ0) is 17.9. The van der Waals surface area contributed by atoms with Crippen LogP contribution in [-0.4, -0.2) is 16.8 Å². The van der Waals surface area contributed by atoms with Gasteiger partial charge in [0.05, 0.1) is 32.9 Å². The Bertz CT molecular complexity index is 1030. The lowest BCUT2D eigenvalue weighted by Crippen LogP contribution is -2.21. The predicted molar refractivity (Wildman–Crippen MR) is 102 cm³/mol. The molecule has 0 bridgehead atoms. The van der Waals surface area contributed by atoms with Crippen molar-refractivity contribution in [3.63, 3.8) is 0 Å². The first-order valence-electron chi connectivity index (χ1n) is 7.76. The van der Waals surface area contributed by atoms with E-state index in [-0.39, 0.29) is 17.6 Å². The molecule has 0 spiro atoms. The molecule has 26 heavy (non-hydrogen) atoms. The van der Waals surface area contributed by atoms with Crippen LogP contribution in [0.15, 0.2) is 59.2 Å². The Hall–Kier alpha value is -2.97. The standard InChI is InChI=1S/C18H13N3O3S2/c22-17(12-5-3-9-24-12)21-15-8-7-14(26-15)18(23)19-10-16-20-11-4-1-2-6-13(11)25-16/h1-9H,10H2,(H,19,23)(H,21,22). The first-order chi connectivity index (χ1) is 12.7. The molecule has 4 rings (SSSR count). The van der Waals surface area contributed by atoms with Gasteiger partial charge >= 0.3 is 0 Å². The minimum Gasteiger partial charge on any atom is -0.459 e. The van der Waals surface area contributed by atoms with Gasteiger partial charge in [0.2, 0.25) is 0 Å². The summed E-state index contributed by atoms with van der Waals surface area (Å²) in [6, 6.07) is 14.4. The average Bonchev–Trinajstić information content (AvgIpc) is 3.38. The smallest absolute Gasteiger partial charge is 0.291 e. The van der Waals surface area contributed by atoms with E-state index in [1.54, 1.807) is 35.6 Å². The van der Waals surface area contributed by atoms with Crippen molar-refractivity contribution in [3.05, 3.63) is 70.4 Å². The molecule has 8 heteroatoms. The molecule has 0 atom stereocenters. The molecule has 3 aromatic heterocycles. The van der Waals surface area contributed by atoms with Crippen molar-refractivity contribution in [1.82, 2.24) is 10.3 Å². The molecule has 1 aromatic carbocycles. The molecule has 0 unspecified atom stereocenters. The van der Waals surface area contributed by atoms with Crippen molar-refractivity contribution in [2.24, 2.45) is 0 Å². The summed E-state index contributed by atoms with van der Waals surface area (Å²) in [5.41, 5.74) is 0.931. The highest BCUT2D eigenvalue weighted by molar-refractivity contribution is 7.18. The highest BCUT2D eigenvalue weighted by atomic mass is 32.1. The van der Waals surface area contributed by atoms with Gasteiger partial charge in [-0.2, -0.15) is 0 Å². The zero-order valence-corrected chi connectivity index (χ0v) is 15.0. The molecule has 0 saturated heterocycles. The lowest BCUT2D eigenvalue weighted by molar-refractivity contribution is 0.0953. The van der Waals surface area contributed by atoms with E-state index in [4.69, 9.17) is 4.42 Å². The monoisotopic (exact) mass is 383 g/mol. The maximum absolute atomic E-state index is 12.3. The molecule has 0 radical (unpaired) electrons. The minimum atomic E-state index is -0.349. The third-order valence-corrected chi connectivity index (χ3v) is 5.59. The number of furan rings is 1. The number of thiophene rings is 1. The van der Waals surface area contributed by atoms with Gasteiger partial charge in [-0.25, -0.2) is 4.98 Å². The van der Waals surface area contributed by atoms with Crippen LogP contribution in [0, 0.1) is 0 Å². The molecule has 130 valence electrons. The molecule has 2 N–H and O–H groups in total. The largest absolute Gasteiger partial charge is 0.459 e. The van der Waals surface area contributed by atoms with Gasteiger partial charge in [0.15, 0.2) is 5.76 Å². The number of nitrogens with one attached hydrogen (secondary N) is 2. The lowest BCUT2D eigenvalue weighted by atomic mass is 10.3. The minimum absolute atomic E-state index is 0.201. The number of carbonyl (C=O) groups excluding carboxylic acids is 2. The van der Waals surface area contributed by atoms with E-state index in [1.165, 1.54) is 17.6 Å². The van der Waals surface area contributed by atoms with Crippen molar-refractivity contribution in [1.29, 1.82) is 0 Å². The van der Waals surface area contributed by atoms with Gasteiger partial charge in [0.1, 0.15) is 5.01 Å². The van der Waals surface area contributed by atoms with Crippen molar-refractivity contribution in [2.45, 2.75) is 6.54 Å². The van der Waals surface area contributed by atoms with Crippen LogP contribution in [0.3, 0.4) is 0 Å². The van der Waals surface area contributed by atoms with Gasteiger partial charge in [-0.15, -0.1) is 22.7 Å². The number of rotatable bonds is 5. The third-order valence-electron chi connectivity index (χ3n) is 3.55. The van der Waals surface area contributed by atoms with Gasteiger partial charge in [-0.05, 0) is 36.4 Å². The quantitative estimate of drug-likeness (QED) is 0.543. The van der Waals surface area contributed by atoms with E-state index >= 15 is 0 Å². The van der Waals surface area contributed by atoms with Crippen LogP contribution in [-0.2, 0) is 6.54 Å². The molecular formula is C18H13N3O3S2. The summed E-state index contributed by atoms with van der Waals surface area (Å²) in [6.07, 6.45) is 1.43. The van der Waals surface area contributed by atoms with Crippen LogP contribution < -0.4 is 10.6 Å². The number of para-hydroxylation sites is 1. The number of amides is 2. The van der Waals surface area contributed by atoms with E-state index in [1.807, 2.05) is 24.3 Å². The normalized spacial score (nSPS) is 10.8. The average molecular weight is 383 g/mol. The molecule has 0 aliphatic carbocycles. The van der Waals surface area contributed by atoms with Gasteiger partial charge in [0.25, 0.3) is 11.8 Å². The van der Waals surface area contributed by atoms with Crippen molar-refractivity contribution < 1.29 is 14.0 Å². The van der Waals surface area contributed by atoms with E-state index in [9.17, 15) is 9.59 Å². The predicted octanol–water partition coefficient (Wildman–Crippen LogP) is 4.13. The zero-order valence-electron chi connectivity index (χ0n) is 13.4. The van der Waals surface area contributed by atoms with Gasteiger partial charge in [-0.1, -0.05) is 12.1 Å². The lowest BCUT2D eigenvalue weighted by Gasteiger charge is -2.00. The molecular weight excluding hydrogens is 370 g/mol. The van der Waals surface area contributed by atoms with Crippen LogP contribution in [0.25, 0.3) is 10.2 Å². The second kappa shape index (κ2) is 7.11. The Labute approximate surface area is 156 Å². The Balaban J connectivity index is 1.37. The van der Waals surface area contributed by atoms with Crippen molar-refractivity contribution in [3.8, 4) is 0 Å². The van der Waals surface area contributed by atoms with Crippen LogP contribution in [0.5, 0.6) is 0 Å². The summed E-state index contributed by atoms with van der Waals surface area (Å²) in [7, 11) is 0.